The average Bonchev–Trinajstić information content (AvgIpc) is 3.17. The molecule has 0 aliphatic rings. The third-order valence-corrected chi connectivity index (χ3v) is 4.20. The van der Waals surface area contributed by atoms with Crippen molar-refractivity contribution in [1.82, 2.24) is 14.8 Å². The lowest BCUT2D eigenvalue weighted by molar-refractivity contribution is 0.102. The van der Waals surface area contributed by atoms with Gasteiger partial charge in [0.2, 0.25) is 0 Å². The summed E-state index contributed by atoms with van der Waals surface area (Å²) in [5.41, 5.74) is 1.71. The molecule has 144 valence electrons. The number of pyridine rings is 1. The Labute approximate surface area is 163 Å². The average molecular weight is 394 g/mol. The lowest BCUT2D eigenvalue weighted by Crippen LogP contribution is -2.13. The van der Waals surface area contributed by atoms with E-state index in [0.29, 0.717) is 16.9 Å². The zero-order valence-corrected chi connectivity index (χ0v) is 14.8. The molecule has 1 N–H and O–H groups in total. The maximum Gasteiger partial charge on any atom is 0.259 e. The van der Waals surface area contributed by atoms with Gasteiger partial charge in [0.05, 0.1) is 23.1 Å². The second kappa shape index (κ2) is 7.59. The molecule has 1 amide bonds. The maximum atomic E-state index is 13.7. The van der Waals surface area contributed by atoms with Crippen LogP contribution in [0.15, 0.2) is 73.2 Å². The van der Waals surface area contributed by atoms with Gasteiger partial charge in [0.15, 0.2) is 11.6 Å². The van der Waals surface area contributed by atoms with Crippen molar-refractivity contribution in [3.8, 4) is 16.9 Å². The minimum absolute atomic E-state index is 0.0908. The SMILES string of the molecule is O=C(Nc1ccc(F)c(F)c1)c1cnn(-c2cccc(F)c2)c1-c1ccncc1. The van der Waals surface area contributed by atoms with Gasteiger partial charge in [-0.15, -0.1) is 0 Å². The summed E-state index contributed by atoms with van der Waals surface area (Å²) < 4.78 is 41.7. The van der Waals surface area contributed by atoms with Crippen LogP contribution in [0.5, 0.6) is 0 Å². The summed E-state index contributed by atoms with van der Waals surface area (Å²) >= 11 is 0. The van der Waals surface area contributed by atoms with Gasteiger partial charge in [-0.2, -0.15) is 5.10 Å². The van der Waals surface area contributed by atoms with Crippen molar-refractivity contribution in [2.24, 2.45) is 0 Å². The summed E-state index contributed by atoms with van der Waals surface area (Å²) in [6.45, 7) is 0. The Kier molecular flexibility index (Phi) is 4.82. The van der Waals surface area contributed by atoms with E-state index in [4.69, 9.17) is 0 Å². The Morgan fingerprint density at radius 3 is 2.45 bits per heavy atom. The molecule has 4 rings (SSSR count). The van der Waals surface area contributed by atoms with Crippen LogP contribution < -0.4 is 5.32 Å². The minimum atomic E-state index is -1.08. The van der Waals surface area contributed by atoms with E-state index in [2.05, 4.69) is 15.4 Å². The summed E-state index contributed by atoms with van der Waals surface area (Å²) in [5.74, 6) is -3.12. The molecule has 0 radical (unpaired) electrons. The van der Waals surface area contributed by atoms with Gasteiger partial charge in [-0.3, -0.25) is 9.78 Å². The number of hydrogen-bond donors (Lipinski definition) is 1. The number of rotatable bonds is 4. The molecule has 0 fully saturated rings. The maximum absolute atomic E-state index is 13.7. The second-order valence-electron chi connectivity index (χ2n) is 6.12. The van der Waals surface area contributed by atoms with E-state index in [1.807, 2.05) is 0 Å². The number of benzene rings is 2. The molecule has 0 atom stereocenters. The van der Waals surface area contributed by atoms with Gasteiger partial charge in [-0.25, -0.2) is 17.9 Å². The molecule has 0 aliphatic carbocycles. The van der Waals surface area contributed by atoms with Crippen molar-refractivity contribution >= 4 is 11.6 Å². The highest BCUT2D eigenvalue weighted by atomic mass is 19.2. The topological polar surface area (TPSA) is 59.8 Å². The summed E-state index contributed by atoms with van der Waals surface area (Å²) in [6.07, 6.45) is 4.43. The van der Waals surface area contributed by atoms with Crippen molar-refractivity contribution in [3.05, 3.63) is 96.2 Å². The first-order chi connectivity index (χ1) is 14.0. The van der Waals surface area contributed by atoms with E-state index in [9.17, 15) is 18.0 Å². The van der Waals surface area contributed by atoms with Crippen LogP contribution in [0.25, 0.3) is 16.9 Å². The summed E-state index contributed by atoms with van der Waals surface area (Å²) in [6, 6.07) is 12.2. The van der Waals surface area contributed by atoms with Crippen LogP contribution in [0.4, 0.5) is 18.9 Å². The Morgan fingerprint density at radius 1 is 0.931 bits per heavy atom. The summed E-state index contributed by atoms with van der Waals surface area (Å²) in [7, 11) is 0. The van der Waals surface area contributed by atoms with Crippen LogP contribution in [0.3, 0.4) is 0 Å². The first kappa shape index (κ1) is 18.4. The molecule has 2 heterocycles. The number of halogens is 3. The van der Waals surface area contributed by atoms with Crippen molar-refractivity contribution < 1.29 is 18.0 Å². The van der Waals surface area contributed by atoms with E-state index in [-0.39, 0.29) is 11.3 Å². The number of carbonyl (C=O) groups excluding carboxylic acids is 1. The van der Waals surface area contributed by atoms with Crippen LogP contribution in [-0.4, -0.2) is 20.7 Å². The van der Waals surface area contributed by atoms with E-state index in [1.54, 1.807) is 30.6 Å². The molecule has 0 saturated carbocycles. The van der Waals surface area contributed by atoms with Crippen molar-refractivity contribution in [2.45, 2.75) is 0 Å². The second-order valence-corrected chi connectivity index (χ2v) is 6.12. The summed E-state index contributed by atoms with van der Waals surface area (Å²) in [5, 5.41) is 6.76. The number of nitrogens with one attached hydrogen (secondary N) is 1. The standard InChI is InChI=1S/C21H13F3N4O/c22-14-2-1-3-16(10-14)28-20(13-6-8-25-9-7-13)17(12-26-28)21(29)27-15-4-5-18(23)19(24)11-15/h1-12H,(H,27,29). The first-order valence-electron chi connectivity index (χ1n) is 8.53. The molecule has 5 nitrogen and oxygen atoms in total. The highest BCUT2D eigenvalue weighted by molar-refractivity contribution is 6.08. The molecule has 2 aromatic heterocycles. The Hall–Kier alpha value is -3.94. The Morgan fingerprint density at radius 2 is 1.72 bits per heavy atom. The predicted octanol–water partition coefficient (Wildman–Crippen LogP) is 4.60. The highest BCUT2D eigenvalue weighted by Gasteiger charge is 2.21. The molecule has 8 heteroatoms. The van der Waals surface area contributed by atoms with Crippen LogP contribution in [0, 0.1) is 17.5 Å². The smallest absolute Gasteiger partial charge is 0.259 e. The molecule has 4 aromatic rings. The number of anilines is 1. The molecule has 0 saturated heterocycles. The van der Waals surface area contributed by atoms with E-state index in [1.165, 1.54) is 35.1 Å². The van der Waals surface area contributed by atoms with E-state index < -0.39 is 23.4 Å². The van der Waals surface area contributed by atoms with Gasteiger partial charge in [0.25, 0.3) is 5.91 Å². The number of hydrogen-bond acceptors (Lipinski definition) is 3. The van der Waals surface area contributed by atoms with Crippen LogP contribution in [0.1, 0.15) is 10.4 Å². The van der Waals surface area contributed by atoms with Crippen LogP contribution in [-0.2, 0) is 0 Å². The highest BCUT2D eigenvalue weighted by Crippen LogP contribution is 2.27. The summed E-state index contributed by atoms with van der Waals surface area (Å²) in [4.78, 5) is 16.8. The molecule has 0 bridgehead atoms. The number of aromatic nitrogens is 3. The molecule has 0 spiro atoms. The van der Waals surface area contributed by atoms with E-state index in [0.717, 1.165) is 12.1 Å². The quantitative estimate of drug-likeness (QED) is 0.550. The third-order valence-electron chi connectivity index (χ3n) is 4.20. The molecule has 29 heavy (non-hydrogen) atoms. The lowest BCUT2D eigenvalue weighted by atomic mass is 10.1. The number of carbonyl (C=O) groups is 1. The van der Waals surface area contributed by atoms with Crippen LogP contribution >= 0.6 is 0 Å². The van der Waals surface area contributed by atoms with Crippen molar-refractivity contribution in [3.63, 3.8) is 0 Å². The molecule has 2 aromatic carbocycles. The first-order valence-corrected chi connectivity index (χ1v) is 8.53. The van der Waals surface area contributed by atoms with Gasteiger partial charge >= 0.3 is 0 Å². The largest absolute Gasteiger partial charge is 0.322 e. The Bertz CT molecular complexity index is 1190. The molecular weight excluding hydrogens is 381 g/mol. The zero-order valence-electron chi connectivity index (χ0n) is 14.8. The predicted molar refractivity (Wildman–Crippen MR) is 101 cm³/mol. The molecular formula is C21H13F3N4O. The van der Waals surface area contributed by atoms with Gasteiger partial charge in [-0.05, 0) is 42.5 Å². The number of nitrogens with zero attached hydrogens (tertiary/aromatic N) is 3. The van der Waals surface area contributed by atoms with Gasteiger partial charge in [-0.1, -0.05) is 6.07 Å². The van der Waals surface area contributed by atoms with Gasteiger partial charge in [0.1, 0.15) is 5.82 Å². The fourth-order valence-corrected chi connectivity index (χ4v) is 2.88. The van der Waals surface area contributed by atoms with Crippen LogP contribution in [0.2, 0.25) is 0 Å². The van der Waals surface area contributed by atoms with Crippen molar-refractivity contribution in [2.75, 3.05) is 5.32 Å². The zero-order chi connectivity index (χ0) is 20.4. The molecule has 0 aliphatic heterocycles. The van der Waals surface area contributed by atoms with Gasteiger partial charge < -0.3 is 5.32 Å². The number of amides is 1. The Balaban J connectivity index is 1.79. The van der Waals surface area contributed by atoms with Crippen molar-refractivity contribution in [1.29, 1.82) is 0 Å². The van der Waals surface area contributed by atoms with E-state index >= 15 is 0 Å². The lowest BCUT2D eigenvalue weighted by Gasteiger charge is -2.11. The fourth-order valence-electron chi connectivity index (χ4n) is 2.88. The fraction of sp³-hybridized carbons (Fsp3) is 0. The normalized spacial score (nSPS) is 10.7. The third kappa shape index (κ3) is 3.73. The monoisotopic (exact) mass is 394 g/mol. The minimum Gasteiger partial charge on any atom is -0.322 e. The van der Waals surface area contributed by atoms with Gasteiger partial charge in [0, 0.05) is 29.7 Å². The molecule has 0 unspecified atom stereocenters.